The summed E-state index contributed by atoms with van der Waals surface area (Å²) in [4.78, 5) is 14.8. The number of amides is 1. The molecule has 2 N–H and O–H groups in total. The van der Waals surface area contributed by atoms with E-state index in [1.165, 1.54) is 0 Å². The van der Waals surface area contributed by atoms with Gasteiger partial charge in [0.1, 0.15) is 5.75 Å². The van der Waals surface area contributed by atoms with Crippen LogP contribution in [0.15, 0.2) is 18.2 Å². The molecule has 0 atom stereocenters. The minimum atomic E-state index is -0.00256. The number of benzene rings is 1. The van der Waals surface area contributed by atoms with Crippen molar-refractivity contribution in [1.82, 2.24) is 10.2 Å². The number of aryl methyl sites for hydroxylation is 1. The Hall–Kier alpha value is -1.55. The molecule has 1 saturated carbocycles. The SMILES string of the molecule is Cc1cccc(C(=O)N(CC2CCNCC2)C2CC2)c1O. The zero-order valence-corrected chi connectivity index (χ0v) is 12.6. The topological polar surface area (TPSA) is 52.6 Å². The summed E-state index contributed by atoms with van der Waals surface area (Å²) in [6, 6.07) is 5.80. The quantitative estimate of drug-likeness (QED) is 0.894. The second kappa shape index (κ2) is 6.06. The third-order valence-electron chi connectivity index (χ3n) is 4.63. The second-order valence-electron chi connectivity index (χ2n) is 6.35. The minimum Gasteiger partial charge on any atom is -0.507 e. The number of piperidine rings is 1. The van der Waals surface area contributed by atoms with Crippen molar-refractivity contribution < 1.29 is 9.90 Å². The highest BCUT2D eigenvalue weighted by molar-refractivity contribution is 5.97. The van der Waals surface area contributed by atoms with Gasteiger partial charge in [-0.2, -0.15) is 0 Å². The van der Waals surface area contributed by atoms with E-state index in [-0.39, 0.29) is 11.7 Å². The molecule has 3 rings (SSSR count). The molecule has 114 valence electrons. The van der Waals surface area contributed by atoms with Crippen LogP contribution in [-0.2, 0) is 0 Å². The van der Waals surface area contributed by atoms with E-state index in [0.29, 0.717) is 17.5 Å². The van der Waals surface area contributed by atoms with Crippen molar-refractivity contribution in [3.8, 4) is 5.75 Å². The molecule has 0 unspecified atom stereocenters. The zero-order chi connectivity index (χ0) is 14.8. The summed E-state index contributed by atoms with van der Waals surface area (Å²) in [5, 5.41) is 13.5. The lowest BCUT2D eigenvalue weighted by Gasteiger charge is -2.30. The molecule has 1 aliphatic carbocycles. The zero-order valence-electron chi connectivity index (χ0n) is 12.6. The molecule has 0 radical (unpaired) electrons. The highest BCUT2D eigenvalue weighted by atomic mass is 16.3. The summed E-state index contributed by atoms with van der Waals surface area (Å²) in [6.07, 6.45) is 4.47. The molecule has 1 amide bonds. The number of hydrogen-bond acceptors (Lipinski definition) is 3. The van der Waals surface area contributed by atoms with Crippen LogP contribution >= 0.6 is 0 Å². The van der Waals surface area contributed by atoms with Gasteiger partial charge in [0.15, 0.2) is 0 Å². The fourth-order valence-electron chi connectivity index (χ4n) is 3.11. The van der Waals surface area contributed by atoms with Gasteiger partial charge >= 0.3 is 0 Å². The molecule has 1 aliphatic heterocycles. The van der Waals surface area contributed by atoms with E-state index in [1.807, 2.05) is 24.0 Å². The summed E-state index contributed by atoms with van der Waals surface area (Å²) in [5.74, 6) is 0.721. The van der Waals surface area contributed by atoms with E-state index in [1.54, 1.807) is 6.07 Å². The number of para-hydroxylation sites is 1. The Labute approximate surface area is 126 Å². The Balaban J connectivity index is 1.76. The molecule has 0 bridgehead atoms. The van der Waals surface area contributed by atoms with Gasteiger partial charge in [0.25, 0.3) is 5.91 Å². The molecule has 2 fully saturated rings. The van der Waals surface area contributed by atoms with Gasteiger partial charge in [-0.05, 0) is 63.2 Å². The Kier molecular flexibility index (Phi) is 4.15. The van der Waals surface area contributed by atoms with Crippen molar-refractivity contribution in [1.29, 1.82) is 0 Å². The highest BCUT2D eigenvalue weighted by Gasteiger charge is 2.35. The van der Waals surface area contributed by atoms with Crippen LogP contribution in [0.1, 0.15) is 41.6 Å². The van der Waals surface area contributed by atoms with Crippen molar-refractivity contribution in [3.05, 3.63) is 29.3 Å². The Morgan fingerprint density at radius 1 is 1.29 bits per heavy atom. The molecule has 1 saturated heterocycles. The number of phenols is 1. The first-order valence-electron chi connectivity index (χ1n) is 7.97. The van der Waals surface area contributed by atoms with Crippen molar-refractivity contribution in [3.63, 3.8) is 0 Å². The number of carbonyl (C=O) groups is 1. The number of carbonyl (C=O) groups excluding carboxylic acids is 1. The van der Waals surface area contributed by atoms with Crippen LogP contribution in [-0.4, -0.2) is 41.6 Å². The van der Waals surface area contributed by atoms with E-state index in [4.69, 9.17) is 0 Å². The molecule has 21 heavy (non-hydrogen) atoms. The number of phenolic OH excluding ortho intramolecular Hbond substituents is 1. The van der Waals surface area contributed by atoms with Gasteiger partial charge in [0.05, 0.1) is 5.56 Å². The fourth-order valence-corrected chi connectivity index (χ4v) is 3.11. The van der Waals surface area contributed by atoms with Crippen LogP contribution < -0.4 is 5.32 Å². The van der Waals surface area contributed by atoms with Crippen molar-refractivity contribution >= 4 is 5.91 Å². The molecule has 1 aromatic carbocycles. The smallest absolute Gasteiger partial charge is 0.257 e. The highest BCUT2D eigenvalue weighted by Crippen LogP contribution is 2.32. The number of nitrogens with zero attached hydrogens (tertiary/aromatic N) is 1. The van der Waals surface area contributed by atoms with Gasteiger partial charge < -0.3 is 15.3 Å². The molecule has 2 aliphatic rings. The van der Waals surface area contributed by atoms with Gasteiger partial charge in [-0.25, -0.2) is 0 Å². The lowest BCUT2D eigenvalue weighted by molar-refractivity contribution is 0.0698. The van der Waals surface area contributed by atoms with E-state index in [9.17, 15) is 9.90 Å². The maximum atomic E-state index is 12.8. The largest absolute Gasteiger partial charge is 0.507 e. The van der Waals surface area contributed by atoms with E-state index in [0.717, 1.165) is 50.9 Å². The summed E-state index contributed by atoms with van der Waals surface area (Å²) >= 11 is 0. The first-order chi connectivity index (χ1) is 10.2. The number of rotatable bonds is 4. The van der Waals surface area contributed by atoms with E-state index in [2.05, 4.69) is 5.32 Å². The van der Waals surface area contributed by atoms with Crippen LogP contribution in [0.3, 0.4) is 0 Å². The second-order valence-corrected chi connectivity index (χ2v) is 6.35. The van der Waals surface area contributed by atoms with Gasteiger partial charge in [-0.15, -0.1) is 0 Å². The molecule has 1 heterocycles. The van der Waals surface area contributed by atoms with Crippen LogP contribution in [0, 0.1) is 12.8 Å². The van der Waals surface area contributed by atoms with Crippen LogP contribution in [0.2, 0.25) is 0 Å². The van der Waals surface area contributed by atoms with Crippen molar-refractivity contribution in [2.45, 2.75) is 38.6 Å². The van der Waals surface area contributed by atoms with Crippen molar-refractivity contribution in [2.24, 2.45) is 5.92 Å². The third-order valence-corrected chi connectivity index (χ3v) is 4.63. The number of nitrogens with one attached hydrogen (secondary N) is 1. The van der Waals surface area contributed by atoms with Crippen molar-refractivity contribution in [2.75, 3.05) is 19.6 Å². The Bertz CT molecular complexity index is 520. The summed E-state index contributed by atoms with van der Waals surface area (Å²) in [5.41, 5.74) is 1.22. The Morgan fingerprint density at radius 3 is 2.67 bits per heavy atom. The average Bonchev–Trinajstić information content (AvgIpc) is 3.33. The van der Waals surface area contributed by atoms with Crippen LogP contribution in [0.5, 0.6) is 5.75 Å². The van der Waals surface area contributed by atoms with E-state index < -0.39 is 0 Å². The molecule has 0 aromatic heterocycles. The molecule has 0 spiro atoms. The molecule has 4 nitrogen and oxygen atoms in total. The molecular weight excluding hydrogens is 264 g/mol. The third kappa shape index (κ3) is 3.21. The van der Waals surface area contributed by atoms with Gasteiger partial charge in [-0.3, -0.25) is 4.79 Å². The number of aromatic hydroxyl groups is 1. The average molecular weight is 288 g/mol. The lowest BCUT2D eigenvalue weighted by atomic mass is 9.97. The molecular formula is C17H24N2O2. The van der Waals surface area contributed by atoms with Gasteiger partial charge in [0, 0.05) is 12.6 Å². The number of hydrogen-bond donors (Lipinski definition) is 2. The van der Waals surface area contributed by atoms with Crippen LogP contribution in [0.4, 0.5) is 0 Å². The summed E-state index contributed by atoms with van der Waals surface area (Å²) < 4.78 is 0. The van der Waals surface area contributed by atoms with E-state index >= 15 is 0 Å². The minimum absolute atomic E-state index is 0.00256. The predicted molar refractivity (Wildman–Crippen MR) is 82.5 cm³/mol. The van der Waals surface area contributed by atoms with Gasteiger partial charge in [0.2, 0.25) is 0 Å². The predicted octanol–water partition coefficient (Wildman–Crippen LogP) is 2.30. The van der Waals surface area contributed by atoms with Gasteiger partial charge in [-0.1, -0.05) is 12.1 Å². The Morgan fingerprint density at radius 2 is 2.00 bits per heavy atom. The summed E-state index contributed by atoms with van der Waals surface area (Å²) in [7, 11) is 0. The lowest BCUT2D eigenvalue weighted by Crippen LogP contribution is -2.40. The molecule has 1 aromatic rings. The normalized spacial score (nSPS) is 19.5. The van der Waals surface area contributed by atoms with Crippen LogP contribution in [0.25, 0.3) is 0 Å². The maximum absolute atomic E-state index is 12.8. The first-order valence-corrected chi connectivity index (χ1v) is 7.97. The fraction of sp³-hybridized carbons (Fsp3) is 0.588. The first kappa shape index (κ1) is 14.4. The monoisotopic (exact) mass is 288 g/mol. The maximum Gasteiger partial charge on any atom is 0.257 e. The standard InChI is InChI=1S/C17H24N2O2/c1-12-3-2-4-15(16(12)20)17(21)19(14-5-6-14)11-13-7-9-18-10-8-13/h2-4,13-14,18,20H,5-11H2,1H3. The molecule has 4 heteroatoms. The summed E-state index contributed by atoms with van der Waals surface area (Å²) in [6.45, 7) is 4.76.